The molecule has 0 aliphatic heterocycles. The van der Waals surface area contributed by atoms with Crippen molar-refractivity contribution in [1.82, 2.24) is 4.31 Å². The van der Waals surface area contributed by atoms with Crippen molar-refractivity contribution in [3.63, 3.8) is 0 Å². The maximum atomic E-state index is 14.5. The highest BCUT2D eigenvalue weighted by atomic mass is 32.2. The molecule has 2 atom stereocenters. The van der Waals surface area contributed by atoms with Crippen molar-refractivity contribution in [1.29, 1.82) is 0 Å². The van der Waals surface area contributed by atoms with Crippen molar-refractivity contribution < 1.29 is 35.5 Å². The summed E-state index contributed by atoms with van der Waals surface area (Å²) < 4.78 is 86.4. The van der Waals surface area contributed by atoms with Gasteiger partial charge in [0, 0.05) is 19.5 Å². The summed E-state index contributed by atoms with van der Waals surface area (Å²) in [6.45, 7) is -0.234. The molecule has 198 valence electrons. The van der Waals surface area contributed by atoms with Crippen LogP contribution in [0, 0.1) is 11.7 Å². The molecule has 0 bridgehead atoms. The third-order valence-corrected chi connectivity index (χ3v) is 7.61. The standard InChI is InChI=1S/C26H26F4N2O4S/c1-32(37(34,35)17-18-8-7-12-22(14-18)26(28,29)30)16-21(15-20-11-5-6-13-23(20)27)24(36-25(31)33)19-9-3-2-4-10-19/h2-14,21,24H,15-17H2,1H3,(H2,31,33). The third-order valence-electron chi connectivity index (χ3n) is 5.81. The second kappa shape index (κ2) is 11.7. The molecule has 0 heterocycles. The van der Waals surface area contributed by atoms with Gasteiger partial charge in [-0.05, 0) is 35.2 Å². The Morgan fingerprint density at radius 1 is 1.00 bits per heavy atom. The molecule has 0 aliphatic carbocycles. The van der Waals surface area contributed by atoms with Crippen LogP contribution in [0.25, 0.3) is 0 Å². The van der Waals surface area contributed by atoms with Crippen molar-refractivity contribution in [2.45, 2.75) is 24.5 Å². The topological polar surface area (TPSA) is 89.7 Å². The van der Waals surface area contributed by atoms with Gasteiger partial charge in [0.25, 0.3) is 0 Å². The number of nitrogens with zero attached hydrogens (tertiary/aromatic N) is 1. The molecule has 2 N–H and O–H groups in total. The summed E-state index contributed by atoms with van der Waals surface area (Å²) in [6, 6.07) is 18.5. The first kappa shape index (κ1) is 28.1. The Kier molecular flexibility index (Phi) is 8.93. The van der Waals surface area contributed by atoms with Crippen LogP contribution < -0.4 is 5.73 Å². The van der Waals surface area contributed by atoms with Crippen molar-refractivity contribution >= 4 is 16.1 Å². The molecular weight excluding hydrogens is 512 g/mol. The number of benzene rings is 3. The molecule has 3 aromatic carbocycles. The van der Waals surface area contributed by atoms with E-state index in [0.29, 0.717) is 5.56 Å². The van der Waals surface area contributed by atoms with Gasteiger partial charge in [-0.2, -0.15) is 13.2 Å². The molecule has 0 aliphatic rings. The molecule has 0 aromatic heterocycles. The van der Waals surface area contributed by atoms with Crippen LogP contribution in [0.3, 0.4) is 0 Å². The van der Waals surface area contributed by atoms with E-state index in [9.17, 15) is 30.8 Å². The number of alkyl halides is 3. The predicted molar refractivity (Wildman–Crippen MR) is 130 cm³/mol. The zero-order valence-electron chi connectivity index (χ0n) is 19.9. The van der Waals surface area contributed by atoms with Gasteiger partial charge in [0.2, 0.25) is 10.0 Å². The number of ether oxygens (including phenoxy) is 1. The smallest absolute Gasteiger partial charge is 0.416 e. The average molecular weight is 539 g/mol. The minimum absolute atomic E-state index is 0.0110. The number of sulfonamides is 1. The minimum atomic E-state index is -4.62. The second-order valence-corrected chi connectivity index (χ2v) is 10.6. The second-order valence-electron chi connectivity index (χ2n) is 8.56. The first-order valence-corrected chi connectivity index (χ1v) is 12.8. The Morgan fingerprint density at radius 3 is 2.27 bits per heavy atom. The number of rotatable bonds is 10. The summed E-state index contributed by atoms with van der Waals surface area (Å²) in [6.07, 6.45) is -6.75. The van der Waals surface area contributed by atoms with E-state index in [1.807, 2.05) is 0 Å². The first-order chi connectivity index (χ1) is 17.4. The van der Waals surface area contributed by atoms with Gasteiger partial charge >= 0.3 is 12.3 Å². The molecule has 2 unspecified atom stereocenters. The van der Waals surface area contributed by atoms with Crippen LogP contribution in [0.2, 0.25) is 0 Å². The number of primary amides is 1. The summed E-state index contributed by atoms with van der Waals surface area (Å²) in [5.41, 5.74) is 5.09. The van der Waals surface area contributed by atoms with E-state index in [4.69, 9.17) is 10.5 Å². The number of carbonyl (C=O) groups excluding carboxylic acids is 1. The fraction of sp³-hybridized carbons (Fsp3) is 0.269. The molecule has 0 spiro atoms. The number of amides is 1. The number of hydrogen-bond acceptors (Lipinski definition) is 4. The Hall–Kier alpha value is -3.44. The lowest BCUT2D eigenvalue weighted by Gasteiger charge is -2.30. The van der Waals surface area contributed by atoms with E-state index >= 15 is 0 Å². The Morgan fingerprint density at radius 2 is 1.65 bits per heavy atom. The molecule has 0 fully saturated rings. The molecule has 6 nitrogen and oxygen atoms in total. The summed E-state index contributed by atoms with van der Waals surface area (Å²) in [4.78, 5) is 11.7. The van der Waals surface area contributed by atoms with Gasteiger partial charge in [-0.15, -0.1) is 0 Å². The Balaban J connectivity index is 1.93. The number of carbonyl (C=O) groups is 1. The highest BCUT2D eigenvalue weighted by Crippen LogP contribution is 2.32. The van der Waals surface area contributed by atoms with Gasteiger partial charge in [-0.3, -0.25) is 0 Å². The van der Waals surface area contributed by atoms with E-state index in [1.165, 1.54) is 31.3 Å². The van der Waals surface area contributed by atoms with E-state index in [0.717, 1.165) is 22.5 Å². The molecule has 3 aromatic rings. The van der Waals surface area contributed by atoms with Crippen molar-refractivity contribution in [3.05, 3.63) is 107 Å². The van der Waals surface area contributed by atoms with Crippen LogP contribution in [0.1, 0.15) is 28.4 Å². The van der Waals surface area contributed by atoms with Crippen LogP contribution in [0.4, 0.5) is 22.4 Å². The molecule has 0 saturated carbocycles. The van der Waals surface area contributed by atoms with E-state index < -0.39 is 51.4 Å². The van der Waals surface area contributed by atoms with Crippen molar-refractivity contribution in [3.8, 4) is 0 Å². The average Bonchev–Trinajstić information content (AvgIpc) is 2.83. The maximum absolute atomic E-state index is 14.5. The fourth-order valence-corrected chi connectivity index (χ4v) is 5.26. The zero-order valence-corrected chi connectivity index (χ0v) is 20.7. The maximum Gasteiger partial charge on any atom is 0.416 e. The lowest BCUT2D eigenvalue weighted by molar-refractivity contribution is -0.137. The van der Waals surface area contributed by atoms with Gasteiger partial charge in [0.15, 0.2) is 0 Å². The normalized spacial score (nSPS) is 13.8. The Bertz CT molecular complexity index is 1320. The molecule has 3 rings (SSSR count). The lowest BCUT2D eigenvalue weighted by atomic mass is 9.89. The van der Waals surface area contributed by atoms with Crippen LogP contribution in [-0.2, 0) is 33.1 Å². The predicted octanol–water partition coefficient (Wildman–Crippen LogP) is 5.30. The highest BCUT2D eigenvalue weighted by Gasteiger charge is 2.33. The fourth-order valence-electron chi connectivity index (χ4n) is 4.02. The van der Waals surface area contributed by atoms with Gasteiger partial charge in [0.05, 0.1) is 11.3 Å². The Labute approximate surface area is 212 Å². The summed E-state index contributed by atoms with van der Waals surface area (Å²) in [5.74, 6) is -1.99. The lowest BCUT2D eigenvalue weighted by Crippen LogP contribution is -2.37. The molecule has 1 amide bonds. The van der Waals surface area contributed by atoms with E-state index in [-0.39, 0.29) is 24.1 Å². The molecule has 0 saturated heterocycles. The molecule has 11 heteroatoms. The van der Waals surface area contributed by atoms with E-state index in [1.54, 1.807) is 36.4 Å². The largest absolute Gasteiger partial charge is 0.441 e. The van der Waals surface area contributed by atoms with Gasteiger partial charge in [-0.25, -0.2) is 21.9 Å². The molecule has 37 heavy (non-hydrogen) atoms. The van der Waals surface area contributed by atoms with Gasteiger partial charge in [-0.1, -0.05) is 66.7 Å². The van der Waals surface area contributed by atoms with Gasteiger partial charge in [0.1, 0.15) is 11.9 Å². The third kappa shape index (κ3) is 7.77. The summed E-state index contributed by atoms with van der Waals surface area (Å²) >= 11 is 0. The molecule has 0 radical (unpaired) electrons. The van der Waals surface area contributed by atoms with Crippen LogP contribution in [0.15, 0.2) is 78.9 Å². The monoisotopic (exact) mass is 538 g/mol. The summed E-state index contributed by atoms with van der Waals surface area (Å²) in [7, 11) is -2.85. The number of halogens is 4. The van der Waals surface area contributed by atoms with Crippen LogP contribution >= 0.6 is 0 Å². The van der Waals surface area contributed by atoms with E-state index in [2.05, 4.69) is 0 Å². The summed E-state index contributed by atoms with van der Waals surface area (Å²) in [5, 5.41) is 0. The number of nitrogens with two attached hydrogens (primary N) is 1. The van der Waals surface area contributed by atoms with Crippen LogP contribution in [-0.4, -0.2) is 32.4 Å². The SMILES string of the molecule is CN(CC(Cc1ccccc1F)C(OC(N)=O)c1ccccc1)S(=O)(=O)Cc1cccc(C(F)(F)F)c1. The first-order valence-electron chi connectivity index (χ1n) is 11.2. The van der Waals surface area contributed by atoms with Crippen LogP contribution in [0.5, 0.6) is 0 Å². The van der Waals surface area contributed by atoms with Crippen molar-refractivity contribution in [2.24, 2.45) is 11.7 Å². The molecular formula is C26H26F4N2O4S. The van der Waals surface area contributed by atoms with Gasteiger partial charge < -0.3 is 10.5 Å². The minimum Gasteiger partial charge on any atom is -0.441 e. The number of hydrogen-bond donors (Lipinski definition) is 1. The quantitative estimate of drug-likeness (QED) is 0.355. The van der Waals surface area contributed by atoms with Crippen molar-refractivity contribution in [2.75, 3.05) is 13.6 Å². The highest BCUT2D eigenvalue weighted by molar-refractivity contribution is 7.88. The zero-order chi connectivity index (χ0) is 27.2.